The number of sulfone groups is 1. The normalized spacial score (nSPS) is 20.1. The number of hydrogen-bond acceptors (Lipinski definition) is 3. The fourth-order valence-corrected chi connectivity index (χ4v) is 3.64. The highest BCUT2D eigenvalue weighted by atomic mass is 32.2. The molecule has 8 heteroatoms. The van der Waals surface area contributed by atoms with Crippen LogP contribution in [-0.4, -0.2) is 32.3 Å². The van der Waals surface area contributed by atoms with E-state index in [2.05, 4.69) is 0 Å². The summed E-state index contributed by atoms with van der Waals surface area (Å²) in [5.74, 6) is -2.63. The van der Waals surface area contributed by atoms with E-state index in [1.807, 2.05) is 0 Å². The molecule has 0 bridgehead atoms. The molecule has 1 unspecified atom stereocenters. The largest absolute Gasteiger partial charge is 0.471 e. The van der Waals surface area contributed by atoms with Gasteiger partial charge in [0.05, 0.1) is 11.8 Å². The number of carbonyl (C=O) groups is 1. The summed E-state index contributed by atoms with van der Waals surface area (Å²) in [4.78, 5) is 12.3. The molecule has 1 aliphatic rings. The van der Waals surface area contributed by atoms with Crippen molar-refractivity contribution >= 4 is 21.4 Å². The summed E-state index contributed by atoms with van der Waals surface area (Å²) in [6.07, 6.45) is -3.98. The number of aryl methyl sites for hydroxylation is 2. The highest BCUT2D eigenvalue weighted by Gasteiger charge is 2.46. The first-order chi connectivity index (χ1) is 10.0. The van der Waals surface area contributed by atoms with Crippen LogP contribution >= 0.6 is 0 Å². The summed E-state index contributed by atoms with van der Waals surface area (Å²) in [5.41, 5.74) is 1.35. The van der Waals surface area contributed by atoms with Crippen molar-refractivity contribution in [3.05, 3.63) is 40.8 Å². The summed E-state index contributed by atoms with van der Waals surface area (Å²) >= 11 is 0. The van der Waals surface area contributed by atoms with E-state index in [0.29, 0.717) is 10.5 Å². The molecule has 120 valence electrons. The smallest absolute Gasteiger partial charge is 0.296 e. The third-order valence-corrected chi connectivity index (χ3v) is 4.69. The molecule has 1 atom stereocenters. The average Bonchev–Trinajstić information content (AvgIpc) is 2.71. The molecule has 1 heterocycles. The van der Waals surface area contributed by atoms with Crippen LogP contribution in [0.25, 0.3) is 0 Å². The molecule has 1 aromatic carbocycles. The second kappa shape index (κ2) is 5.42. The molecule has 0 fully saturated rings. The van der Waals surface area contributed by atoms with Crippen molar-refractivity contribution in [1.82, 2.24) is 0 Å². The topological polar surface area (TPSA) is 54.5 Å². The first kappa shape index (κ1) is 16.5. The van der Waals surface area contributed by atoms with E-state index in [1.54, 1.807) is 26.0 Å². The lowest BCUT2D eigenvalue weighted by atomic mass is 10.1. The molecule has 0 aromatic heterocycles. The van der Waals surface area contributed by atoms with E-state index < -0.39 is 33.7 Å². The number of rotatable bonds is 2. The van der Waals surface area contributed by atoms with Crippen LogP contribution in [0.1, 0.15) is 11.1 Å². The minimum Gasteiger partial charge on any atom is -0.296 e. The Bertz CT molecular complexity index is 738. The van der Waals surface area contributed by atoms with Gasteiger partial charge in [-0.2, -0.15) is 13.2 Å². The second-order valence-corrected chi connectivity index (χ2v) is 7.12. The van der Waals surface area contributed by atoms with Gasteiger partial charge in [-0.15, -0.1) is 0 Å². The molecule has 4 nitrogen and oxygen atoms in total. The number of amides is 1. The highest BCUT2D eigenvalue weighted by Crippen LogP contribution is 2.31. The zero-order valence-electron chi connectivity index (χ0n) is 11.9. The summed E-state index contributed by atoms with van der Waals surface area (Å²) in [7, 11) is -3.59. The van der Waals surface area contributed by atoms with Gasteiger partial charge in [-0.25, -0.2) is 8.42 Å². The van der Waals surface area contributed by atoms with Gasteiger partial charge in [0.1, 0.15) is 0 Å². The van der Waals surface area contributed by atoms with Crippen LogP contribution in [0.4, 0.5) is 18.9 Å². The first-order valence-electron chi connectivity index (χ1n) is 6.40. The molecule has 0 radical (unpaired) electrons. The molecule has 2 rings (SSSR count). The fraction of sp³-hybridized carbons (Fsp3) is 0.357. The molecule has 0 spiro atoms. The third kappa shape index (κ3) is 3.32. The zero-order chi connectivity index (χ0) is 16.7. The minimum absolute atomic E-state index is 0.0553. The maximum Gasteiger partial charge on any atom is 0.471 e. The summed E-state index contributed by atoms with van der Waals surface area (Å²) in [6, 6.07) is 3.44. The van der Waals surface area contributed by atoms with E-state index in [9.17, 15) is 26.4 Å². The van der Waals surface area contributed by atoms with Crippen molar-refractivity contribution in [3.8, 4) is 0 Å². The van der Waals surface area contributed by atoms with E-state index in [0.717, 1.165) is 17.0 Å². The third-order valence-electron chi connectivity index (χ3n) is 3.32. The SMILES string of the molecule is Cc1ccc(N(C(=O)C(F)(F)F)C2C=CS(=O)(=O)C2)c(C)c1. The van der Waals surface area contributed by atoms with Crippen LogP contribution in [0.2, 0.25) is 0 Å². The number of hydrogen-bond donors (Lipinski definition) is 0. The van der Waals surface area contributed by atoms with Crippen molar-refractivity contribution in [3.63, 3.8) is 0 Å². The molecule has 0 saturated carbocycles. The van der Waals surface area contributed by atoms with Gasteiger partial charge in [-0.3, -0.25) is 9.69 Å². The van der Waals surface area contributed by atoms with Crippen molar-refractivity contribution in [1.29, 1.82) is 0 Å². The van der Waals surface area contributed by atoms with Crippen molar-refractivity contribution < 1.29 is 26.4 Å². The van der Waals surface area contributed by atoms with E-state index in [4.69, 9.17) is 0 Å². The number of nitrogens with zero attached hydrogens (tertiary/aromatic N) is 1. The van der Waals surface area contributed by atoms with Gasteiger partial charge in [-0.1, -0.05) is 17.7 Å². The summed E-state index contributed by atoms with van der Waals surface area (Å²) in [6.45, 7) is 3.35. The van der Waals surface area contributed by atoms with Gasteiger partial charge in [0.15, 0.2) is 9.84 Å². The predicted molar refractivity (Wildman–Crippen MR) is 76.2 cm³/mol. The van der Waals surface area contributed by atoms with Crippen LogP contribution in [0.3, 0.4) is 0 Å². The maximum atomic E-state index is 12.9. The molecule has 0 saturated heterocycles. The fourth-order valence-electron chi connectivity index (χ4n) is 2.37. The van der Waals surface area contributed by atoms with E-state index in [-0.39, 0.29) is 5.69 Å². The lowest BCUT2D eigenvalue weighted by molar-refractivity contribution is -0.170. The molecule has 1 aliphatic heterocycles. The van der Waals surface area contributed by atoms with Crippen LogP contribution < -0.4 is 4.90 Å². The molecular formula is C14H14F3NO3S. The second-order valence-electron chi connectivity index (χ2n) is 5.19. The van der Waals surface area contributed by atoms with Gasteiger partial charge in [0, 0.05) is 11.1 Å². The lowest BCUT2D eigenvalue weighted by Gasteiger charge is -2.29. The van der Waals surface area contributed by atoms with Crippen LogP contribution in [-0.2, 0) is 14.6 Å². The van der Waals surface area contributed by atoms with E-state index >= 15 is 0 Å². The maximum absolute atomic E-state index is 12.9. The Morgan fingerprint density at radius 3 is 2.36 bits per heavy atom. The number of anilines is 1. The van der Waals surface area contributed by atoms with E-state index in [1.165, 1.54) is 6.07 Å². The van der Waals surface area contributed by atoms with Crippen molar-refractivity contribution in [2.75, 3.05) is 10.7 Å². The Kier molecular flexibility index (Phi) is 4.08. The van der Waals surface area contributed by atoms with Gasteiger partial charge >= 0.3 is 12.1 Å². The average molecular weight is 333 g/mol. The number of carbonyl (C=O) groups excluding carboxylic acids is 1. The van der Waals surface area contributed by atoms with Crippen LogP contribution in [0.15, 0.2) is 29.7 Å². The highest BCUT2D eigenvalue weighted by molar-refractivity contribution is 7.94. The molecule has 1 amide bonds. The van der Waals surface area contributed by atoms with Gasteiger partial charge in [0.2, 0.25) is 0 Å². The summed E-state index contributed by atoms with van der Waals surface area (Å²) in [5, 5.41) is 0.845. The van der Waals surface area contributed by atoms with Crippen LogP contribution in [0.5, 0.6) is 0 Å². The Morgan fingerprint density at radius 1 is 1.27 bits per heavy atom. The number of benzene rings is 1. The first-order valence-corrected chi connectivity index (χ1v) is 8.11. The number of halogens is 3. The quantitative estimate of drug-likeness (QED) is 0.836. The lowest BCUT2D eigenvalue weighted by Crippen LogP contribution is -2.48. The number of alkyl halides is 3. The Morgan fingerprint density at radius 2 is 1.91 bits per heavy atom. The van der Waals surface area contributed by atoms with Crippen LogP contribution in [0, 0.1) is 13.8 Å². The van der Waals surface area contributed by atoms with Crippen molar-refractivity contribution in [2.45, 2.75) is 26.1 Å². The predicted octanol–water partition coefficient (Wildman–Crippen LogP) is 2.51. The van der Waals surface area contributed by atoms with Gasteiger partial charge in [-0.05, 0) is 31.6 Å². The Balaban J connectivity index is 2.52. The Hall–Kier alpha value is -1.83. The molecule has 0 N–H and O–H groups in total. The molecule has 1 aromatic rings. The molecule has 22 heavy (non-hydrogen) atoms. The Labute approximate surface area is 126 Å². The van der Waals surface area contributed by atoms with Gasteiger partial charge in [0.25, 0.3) is 0 Å². The van der Waals surface area contributed by atoms with Gasteiger partial charge < -0.3 is 0 Å². The standard InChI is InChI=1S/C14H14F3NO3S/c1-9-3-4-12(10(2)7-9)18(13(19)14(15,16)17)11-5-6-22(20,21)8-11/h3-7,11H,8H2,1-2H3. The molecular weight excluding hydrogens is 319 g/mol. The monoisotopic (exact) mass is 333 g/mol. The molecule has 0 aliphatic carbocycles. The minimum atomic E-state index is -5.09. The zero-order valence-corrected chi connectivity index (χ0v) is 12.7. The van der Waals surface area contributed by atoms with Crippen molar-refractivity contribution in [2.24, 2.45) is 0 Å². The summed E-state index contributed by atoms with van der Waals surface area (Å²) < 4.78 is 61.6.